The molecular formula is C22H27N3O5. The van der Waals surface area contributed by atoms with Crippen molar-refractivity contribution in [3.63, 3.8) is 0 Å². The first kappa shape index (κ1) is 21.5. The third-order valence-corrected chi connectivity index (χ3v) is 5.74. The monoisotopic (exact) mass is 413 g/mol. The van der Waals surface area contributed by atoms with E-state index in [1.54, 1.807) is 24.3 Å². The molecule has 1 fully saturated rings. The number of carbonyl (C=O) groups excluding carboxylic acids is 4. The van der Waals surface area contributed by atoms with Crippen molar-refractivity contribution in [1.82, 2.24) is 10.2 Å². The summed E-state index contributed by atoms with van der Waals surface area (Å²) in [6.07, 6.45) is 1.67. The lowest BCUT2D eigenvalue weighted by molar-refractivity contribution is -0.160. The van der Waals surface area contributed by atoms with E-state index in [4.69, 9.17) is 4.74 Å². The summed E-state index contributed by atoms with van der Waals surface area (Å²) in [6.45, 7) is 9.05. The molecule has 0 aliphatic carbocycles. The highest BCUT2D eigenvalue weighted by atomic mass is 16.5. The van der Waals surface area contributed by atoms with Gasteiger partial charge in [-0.25, -0.2) is 4.79 Å². The van der Waals surface area contributed by atoms with Gasteiger partial charge >= 0.3 is 5.97 Å². The minimum Gasteiger partial charge on any atom is -0.452 e. The Bertz CT molecular complexity index is 897. The van der Waals surface area contributed by atoms with Crippen LogP contribution >= 0.6 is 0 Å². The molecule has 30 heavy (non-hydrogen) atoms. The SMILES string of the molecule is C=CCN1C(=O)c2ccccc2N2C(=O)CC[C@]12C(=O)OCC(=O)N[C@@H](C)C(C)C. The second-order valence-electron chi connectivity index (χ2n) is 7.94. The van der Waals surface area contributed by atoms with Crippen molar-refractivity contribution in [3.8, 4) is 0 Å². The molecule has 1 saturated heterocycles. The lowest BCUT2D eigenvalue weighted by Gasteiger charge is -2.48. The van der Waals surface area contributed by atoms with E-state index in [-0.39, 0.29) is 43.2 Å². The number of amides is 3. The molecule has 0 bridgehead atoms. The van der Waals surface area contributed by atoms with Crippen LogP contribution in [0.25, 0.3) is 0 Å². The Morgan fingerprint density at radius 2 is 1.97 bits per heavy atom. The summed E-state index contributed by atoms with van der Waals surface area (Å²) in [4.78, 5) is 54.1. The second-order valence-corrected chi connectivity index (χ2v) is 7.94. The Hall–Kier alpha value is -3.16. The summed E-state index contributed by atoms with van der Waals surface area (Å²) in [6, 6.07) is 6.59. The molecule has 2 aliphatic rings. The molecule has 0 saturated carbocycles. The van der Waals surface area contributed by atoms with Gasteiger partial charge in [0.2, 0.25) is 11.6 Å². The van der Waals surface area contributed by atoms with E-state index >= 15 is 0 Å². The summed E-state index contributed by atoms with van der Waals surface area (Å²) in [7, 11) is 0. The van der Waals surface area contributed by atoms with Crippen molar-refractivity contribution < 1.29 is 23.9 Å². The van der Waals surface area contributed by atoms with Gasteiger partial charge in [0.1, 0.15) is 0 Å². The van der Waals surface area contributed by atoms with Crippen LogP contribution in [0.4, 0.5) is 5.69 Å². The van der Waals surface area contributed by atoms with Crippen LogP contribution in [0.1, 0.15) is 44.0 Å². The number of esters is 1. The first-order valence-corrected chi connectivity index (χ1v) is 10.1. The fourth-order valence-electron chi connectivity index (χ4n) is 3.84. The predicted molar refractivity (Wildman–Crippen MR) is 111 cm³/mol. The lowest BCUT2D eigenvalue weighted by Crippen LogP contribution is -2.68. The highest BCUT2D eigenvalue weighted by Crippen LogP contribution is 2.44. The van der Waals surface area contributed by atoms with E-state index in [1.165, 1.54) is 15.9 Å². The third-order valence-electron chi connectivity index (χ3n) is 5.74. The number of carbonyl (C=O) groups is 4. The highest BCUT2D eigenvalue weighted by Gasteiger charge is 2.61. The average molecular weight is 413 g/mol. The molecule has 3 amide bonds. The van der Waals surface area contributed by atoms with Gasteiger partial charge in [0.25, 0.3) is 11.8 Å². The normalized spacial score (nSPS) is 21.2. The molecule has 3 rings (SSSR count). The minimum atomic E-state index is -1.62. The van der Waals surface area contributed by atoms with Crippen LogP contribution in [0.2, 0.25) is 0 Å². The standard InChI is InChI=1S/C22H27N3O5/c1-5-12-24-20(28)16-8-6-7-9-17(16)25-19(27)10-11-22(24,25)21(29)30-13-18(26)23-15(4)14(2)3/h5-9,14-15H,1,10-13H2,2-4H3,(H,23,26)/t15-,22-/m0/s1. The average Bonchev–Trinajstić information content (AvgIpc) is 3.07. The molecule has 0 spiro atoms. The van der Waals surface area contributed by atoms with Crippen LogP contribution < -0.4 is 10.2 Å². The first-order valence-electron chi connectivity index (χ1n) is 10.1. The van der Waals surface area contributed by atoms with Crippen molar-refractivity contribution >= 4 is 29.4 Å². The van der Waals surface area contributed by atoms with Crippen molar-refractivity contribution in [1.29, 1.82) is 0 Å². The largest absolute Gasteiger partial charge is 0.452 e. The van der Waals surface area contributed by atoms with Gasteiger partial charge in [-0.05, 0) is 25.0 Å². The van der Waals surface area contributed by atoms with Crippen LogP contribution in [-0.2, 0) is 19.1 Å². The van der Waals surface area contributed by atoms with Crippen LogP contribution in [0.3, 0.4) is 0 Å². The number of benzene rings is 1. The van der Waals surface area contributed by atoms with Gasteiger partial charge < -0.3 is 15.0 Å². The van der Waals surface area contributed by atoms with Gasteiger partial charge in [-0.3, -0.25) is 19.3 Å². The van der Waals surface area contributed by atoms with Gasteiger partial charge in [-0.15, -0.1) is 6.58 Å². The van der Waals surface area contributed by atoms with Crippen LogP contribution in [0.15, 0.2) is 36.9 Å². The molecule has 2 atom stereocenters. The molecule has 2 aliphatic heterocycles. The number of rotatable bonds is 7. The summed E-state index contributed by atoms with van der Waals surface area (Å²) < 4.78 is 5.34. The van der Waals surface area contributed by atoms with Crippen molar-refractivity contribution in [2.75, 3.05) is 18.1 Å². The molecular weight excluding hydrogens is 386 g/mol. The van der Waals surface area contributed by atoms with Gasteiger partial charge in [0.15, 0.2) is 6.61 Å². The molecule has 1 N–H and O–H groups in total. The number of hydrogen-bond donors (Lipinski definition) is 1. The van der Waals surface area contributed by atoms with Crippen molar-refractivity contribution in [3.05, 3.63) is 42.5 Å². The van der Waals surface area contributed by atoms with E-state index in [0.29, 0.717) is 11.3 Å². The summed E-state index contributed by atoms with van der Waals surface area (Å²) in [5.74, 6) is -1.67. The fraction of sp³-hybridized carbons (Fsp3) is 0.455. The van der Waals surface area contributed by atoms with E-state index in [2.05, 4.69) is 11.9 Å². The number of fused-ring (bicyclic) bond motifs is 3. The zero-order valence-electron chi connectivity index (χ0n) is 17.5. The second kappa shape index (κ2) is 8.30. The van der Waals surface area contributed by atoms with Crippen molar-refractivity contribution in [2.24, 2.45) is 5.92 Å². The maximum atomic E-state index is 13.3. The quantitative estimate of drug-likeness (QED) is 0.544. The van der Waals surface area contributed by atoms with E-state index in [0.717, 1.165) is 0 Å². The van der Waals surface area contributed by atoms with Gasteiger partial charge in [-0.2, -0.15) is 0 Å². The highest BCUT2D eigenvalue weighted by molar-refractivity contribution is 6.15. The Balaban J connectivity index is 1.92. The summed E-state index contributed by atoms with van der Waals surface area (Å²) in [5.41, 5.74) is -0.914. The molecule has 0 aromatic heterocycles. The summed E-state index contributed by atoms with van der Waals surface area (Å²) in [5, 5.41) is 2.77. The summed E-state index contributed by atoms with van der Waals surface area (Å²) >= 11 is 0. The molecule has 0 unspecified atom stereocenters. The molecule has 8 nitrogen and oxygen atoms in total. The molecule has 1 aromatic carbocycles. The van der Waals surface area contributed by atoms with Crippen LogP contribution in [0, 0.1) is 5.92 Å². The maximum Gasteiger partial charge on any atom is 0.354 e. The van der Waals surface area contributed by atoms with Gasteiger partial charge in [-0.1, -0.05) is 32.1 Å². The Morgan fingerprint density at radius 1 is 1.27 bits per heavy atom. The topological polar surface area (TPSA) is 96.0 Å². The smallest absolute Gasteiger partial charge is 0.354 e. The number of nitrogens with one attached hydrogen (secondary N) is 1. The first-order chi connectivity index (χ1) is 14.2. The van der Waals surface area contributed by atoms with Crippen LogP contribution in [-0.4, -0.2) is 53.4 Å². The molecule has 0 radical (unpaired) electrons. The number of hydrogen-bond acceptors (Lipinski definition) is 5. The molecule has 1 aromatic rings. The lowest BCUT2D eigenvalue weighted by atomic mass is 9.96. The van der Waals surface area contributed by atoms with E-state index < -0.39 is 24.1 Å². The molecule has 2 heterocycles. The maximum absolute atomic E-state index is 13.3. The molecule has 160 valence electrons. The van der Waals surface area contributed by atoms with E-state index in [1.807, 2.05) is 20.8 Å². The van der Waals surface area contributed by atoms with Crippen molar-refractivity contribution in [2.45, 2.75) is 45.3 Å². The zero-order valence-corrected chi connectivity index (χ0v) is 17.5. The Morgan fingerprint density at radius 3 is 2.63 bits per heavy atom. The number of nitrogens with zero attached hydrogens (tertiary/aromatic N) is 2. The third kappa shape index (κ3) is 3.46. The van der Waals surface area contributed by atoms with E-state index in [9.17, 15) is 19.2 Å². The Labute approximate surface area is 175 Å². The molecule has 8 heteroatoms. The fourth-order valence-corrected chi connectivity index (χ4v) is 3.84. The Kier molecular flexibility index (Phi) is 5.96. The van der Waals surface area contributed by atoms with Gasteiger partial charge in [0.05, 0.1) is 11.3 Å². The number of para-hydroxylation sites is 1. The minimum absolute atomic E-state index is 0.0582. The zero-order chi connectivity index (χ0) is 22.1. The number of anilines is 1. The predicted octanol–water partition coefficient (Wildman–Crippen LogP) is 1.86. The number of ether oxygens (including phenoxy) is 1. The van der Waals surface area contributed by atoms with Gasteiger partial charge in [0, 0.05) is 25.4 Å². The van der Waals surface area contributed by atoms with Crippen LogP contribution in [0.5, 0.6) is 0 Å².